The van der Waals surface area contributed by atoms with E-state index in [0.717, 1.165) is 18.2 Å². The second-order valence-electron chi connectivity index (χ2n) is 3.03. The summed E-state index contributed by atoms with van der Waals surface area (Å²) in [6.45, 7) is 0.350. The first-order valence-corrected chi connectivity index (χ1v) is 4.67. The number of halogens is 2. The fourth-order valence-corrected chi connectivity index (χ4v) is 1.02. The Kier molecular flexibility index (Phi) is 4.65. The van der Waals surface area contributed by atoms with E-state index >= 15 is 0 Å². The van der Waals surface area contributed by atoms with Crippen molar-refractivity contribution < 1.29 is 18.3 Å². The van der Waals surface area contributed by atoms with E-state index in [0.29, 0.717) is 13.1 Å². The van der Waals surface area contributed by atoms with E-state index in [1.165, 1.54) is 0 Å². The molecule has 0 heterocycles. The van der Waals surface area contributed by atoms with Crippen molar-refractivity contribution >= 4 is 5.91 Å². The smallest absolute Gasteiger partial charge is 0.257 e. The highest BCUT2D eigenvalue weighted by Crippen LogP contribution is 2.14. The summed E-state index contributed by atoms with van der Waals surface area (Å²) in [7, 11) is 0. The summed E-state index contributed by atoms with van der Waals surface area (Å²) in [4.78, 5) is 11.1. The third-order valence-electron chi connectivity index (χ3n) is 1.67. The molecule has 16 heavy (non-hydrogen) atoms. The van der Waals surface area contributed by atoms with E-state index in [1.807, 2.05) is 0 Å². The number of amides is 1. The van der Waals surface area contributed by atoms with Gasteiger partial charge in [0, 0.05) is 31.3 Å². The van der Waals surface area contributed by atoms with Gasteiger partial charge in [-0.25, -0.2) is 8.78 Å². The lowest BCUT2D eigenvalue weighted by Crippen LogP contribution is -2.32. The molecule has 0 saturated heterocycles. The van der Waals surface area contributed by atoms with Crippen LogP contribution in [0.2, 0.25) is 0 Å². The fourth-order valence-electron chi connectivity index (χ4n) is 1.02. The molecule has 0 radical (unpaired) electrons. The molecular weight excluding hydrogens is 218 g/mol. The molecule has 0 aliphatic carbocycles. The largest absolute Gasteiger partial charge is 0.484 e. The van der Waals surface area contributed by atoms with E-state index in [9.17, 15) is 13.6 Å². The third-order valence-corrected chi connectivity index (χ3v) is 1.67. The van der Waals surface area contributed by atoms with Gasteiger partial charge in [-0.3, -0.25) is 4.79 Å². The van der Waals surface area contributed by atoms with Crippen LogP contribution in [-0.2, 0) is 4.79 Å². The van der Waals surface area contributed by atoms with Crippen molar-refractivity contribution in [1.29, 1.82) is 0 Å². The number of carbonyl (C=O) groups excluding carboxylic acids is 1. The normalized spacial score (nSPS) is 9.94. The number of ether oxygens (including phenoxy) is 1. The molecule has 1 rings (SSSR count). The Labute approximate surface area is 91.4 Å². The summed E-state index contributed by atoms with van der Waals surface area (Å²) >= 11 is 0. The predicted molar refractivity (Wildman–Crippen MR) is 53.9 cm³/mol. The second-order valence-corrected chi connectivity index (χ2v) is 3.03. The molecule has 88 valence electrons. The molecule has 0 aliphatic heterocycles. The Morgan fingerprint density at radius 3 is 2.50 bits per heavy atom. The van der Waals surface area contributed by atoms with Gasteiger partial charge in [0.25, 0.3) is 5.91 Å². The SMILES string of the molecule is NCCNC(=O)COc1cc(F)cc(F)c1. The van der Waals surface area contributed by atoms with Crippen LogP contribution in [0.15, 0.2) is 18.2 Å². The molecule has 1 aromatic rings. The Morgan fingerprint density at radius 2 is 1.94 bits per heavy atom. The van der Waals surface area contributed by atoms with Crippen LogP contribution in [0.4, 0.5) is 8.78 Å². The first-order valence-electron chi connectivity index (χ1n) is 4.67. The molecule has 6 heteroatoms. The van der Waals surface area contributed by atoms with Gasteiger partial charge in [0.05, 0.1) is 0 Å². The van der Waals surface area contributed by atoms with Crippen LogP contribution >= 0.6 is 0 Å². The molecule has 0 bridgehead atoms. The van der Waals surface area contributed by atoms with Crippen LogP contribution in [0, 0.1) is 11.6 Å². The zero-order valence-electron chi connectivity index (χ0n) is 8.50. The Morgan fingerprint density at radius 1 is 1.31 bits per heavy atom. The van der Waals surface area contributed by atoms with Gasteiger partial charge in [-0.1, -0.05) is 0 Å². The molecule has 0 atom stereocenters. The summed E-state index contributed by atoms with van der Waals surface area (Å²) in [6, 6.07) is 2.72. The number of hydrogen-bond donors (Lipinski definition) is 2. The lowest BCUT2D eigenvalue weighted by molar-refractivity contribution is -0.123. The highest BCUT2D eigenvalue weighted by atomic mass is 19.1. The molecule has 0 aromatic heterocycles. The van der Waals surface area contributed by atoms with Gasteiger partial charge < -0.3 is 15.8 Å². The van der Waals surface area contributed by atoms with Gasteiger partial charge in [0.15, 0.2) is 6.61 Å². The van der Waals surface area contributed by atoms with Gasteiger partial charge in [-0.05, 0) is 0 Å². The molecule has 1 amide bonds. The molecule has 0 unspecified atom stereocenters. The molecule has 0 saturated carbocycles. The number of benzene rings is 1. The zero-order valence-corrected chi connectivity index (χ0v) is 8.50. The van der Waals surface area contributed by atoms with Crippen molar-refractivity contribution in [2.24, 2.45) is 5.73 Å². The van der Waals surface area contributed by atoms with Gasteiger partial charge in [0.1, 0.15) is 17.4 Å². The summed E-state index contributed by atoms with van der Waals surface area (Å²) in [5.41, 5.74) is 5.17. The van der Waals surface area contributed by atoms with Crippen LogP contribution < -0.4 is 15.8 Å². The first kappa shape index (κ1) is 12.4. The Balaban J connectivity index is 2.45. The topological polar surface area (TPSA) is 64.3 Å². The summed E-state index contributed by atoms with van der Waals surface area (Å²) in [6.07, 6.45) is 0. The molecular formula is C10H12F2N2O2. The molecule has 0 aliphatic rings. The minimum absolute atomic E-state index is 0.0274. The Bertz CT molecular complexity index is 352. The number of rotatable bonds is 5. The third kappa shape index (κ3) is 4.22. The lowest BCUT2D eigenvalue weighted by atomic mass is 10.3. The average Bonchev–Trinajstić information content (AvgIpc) is 2.22. The van der Waals surface area contributed by atoms with Crippen molar-refractivity contribution in [3.8, 4) is 5.75 Å². The molecule has 0 fully saturated rings. The van der Waals surface area contributed by atoms with Crippen molar-refractivity contribution in [3.05, 3.63) is 29.8 Å². The first-order chi connectivity index (χ1) is 7.61. The van der Waals surface area contributed by atoms with E-state index in [4.69, 9.17) is 10.5 Å². The second kappa shape index (κ2) is 6.02. The summed E-state index contributed by atoms with van der Waals surface area (Å²) < 4.78 is 30.3. The van der Waals surface area contributed by atoms with Crippen molar-refractivity contribution in [2.45, 2.75) is 0 Å². The summed E-state index contributed by atoms with van der Waals surface area (Å²) in [5, 5.41) is 2.46. The van der Waals surface area contributed by atoms with E-state index in [1.54, 1.807) is 0 Å². The monoisotopic (exact) mass is 230 g/mol. The average molecular weight is 230 g/mol. The fraction of sp³-hybridized carbons (Fsp3) is 0.300. The molecule has 1 aromatic carbocycles. The minimum atomic E-state index is -0.752. The summed E-state index contributed by atoms with van der Waals surface area (Å²) in [5.74, 6) is -1.93. The van der Waals surface area contributed by atoms with E-state index in [2.05, 4.69) is 5.32 Å². The van der Waals surface area contributed by atoms with Crippen LogP contribution in [0.5, 0.6) is 5.75 Å². The predicted octanol–water partition coefficient (Wildman–Crippen LogP) is 0.418. The van der Waals surface area contributed by atoms with Gasteiger partial charge in [-0.15, -0.1) is 0 Å². The number of hydrogen-bond acceptors (Lipinski definition) is 3. The van der Waals surface area contributed by atoms with Crippen LogP contribution in [0.1, 0.15) is 0 Å². The van der Waals surface area contributed by atoms with E-state index < -0.39 is 17.5 Å². The lowest BCUT2D eigenvalue weighted by Gasteiger charge is -2.06. The quantitative estimate of drug-likeness (QED) is 0.770. The number of nitrogens with one attached hydrogen (secondary N) is 1. The minimum Gasteiger partial charge on any atom is -0.484 e. The zero-order chi connectivity index (χ0) is 12.0. The van der Waals surface area contributed by atoms with Gasteiger partial charge >= 0.3 is 0 Å². The number of carbonyl (C=O) groups is 1. The van der Waals surface area contributed by atoms with Crippen molar-refractivity contribution in [3.63, 3.8) is 0 Å². The van der Waals surface area contributed by atoms with E-state index in [-0.39, 0.29) is 12.4 Å². The van der Waals surface area contributed by atoms with Crippen LogP contribution in [0.3, 0.4) is 0 Å². The maximum absolute atomic E-state index is 12.7. The molecule has 4 nitrogen and oxygen atoms in total. The maximum Gasteiger partial charge on any atom is 0.257 e. The van der Waals surface area contributed by atoms with Crippen molar-refractivity contribution in [1.82, 2.24) is 5.32 Å². The van der Waals surface area contributed by atoms with Gasteiger partial charge in [-0.2, -0.15) is 0 Å². The van der Waals surface area contributed by atoms with Crippen LogP contribution in [-0.4, -0.2) is 25.6 Å². The molecule has 3 N–H and O–H groups in total. The number of nitrogens with two attached hydrogens (primary N) is 1. The maximum atomic E-state index is 12.7. The molecule has 0 spiro atoms. The van der Waals surface area contributed by atoms with Gasteiger partial charge in [0.2, 0.25) is 0 Å². The van der Waals surface area contributed by atoms with Crippen LogP contribution in [0.25, 0.3) is 0 Å². The van der Waals surface area contributed by atoms with Crippen molar-refractivity contribution in [2.75, 3.05) is 19.7 Å². The highest BCUT2D eigenvalue weighted by molar-refractivity contribution is 5.77. The highest BCUT2D eigenvalue weighted by Gasteiger charge is 2.04. The standard InChI is InChI=1S/C10H12F2N2O2/c11-7-3-8(12)5-9(4-7)16-6-10(15)14-2-1-13/h3-5H,1-2,6,13H2,(H,14,15). The Hall–Kier alpha value is -1.69.